The number of hydrogen-bond donors (Lipinski definition) is 1. The minimum absolute atomic E-state index is 0.401. The molecule has 1 aliphatic heterocycles. The highest BCUT2D eigenvalue weighted by atomic mass is 32.2. The molecular formula is C18H25NS2. The Morgan fingerprint density at radius 2 is 2.19 bits per heavy atom. The molecule has 1 aliphatic rings. The van der Waals surface area contributed by atoms with Crippen LogP contribution >= 0.6 is 23.1 Å². The van der Waals surface area contributed by atoms with Gasteiger partial charge < -0.3 is 5.32 Å². The molecule has 1 nitrogen and oxygen atoms in total. The molecule has 3 heteroatoms. The molecule has 1 aromatic heterocycles. The molecule has 1 fully saturated rings. The molecule has 0 amide bonds. The zero-order valence-corrected chi connectivity index (χ0v) is 14.7. The van der Waals surface area contributed by atoms with Gasteiger partial charge in [-0.05, 0) is 67.3 Å². The molecule has 0 spiro atoms. The predicted octanol–water partition coefficient (Wildman–Crippen LogP) is 5.10. The Morgan fingerprint density at radius 3 is 2.95 bits per heavy atom. The van der Waals surface area contributed by atoms with E-state index in [1.807, 2.05) is 11.3 Å². The molecule has 1 aromatic carbocycles. The van der Waals surface area contributed by atoms with Gasteiger partial charge in [0, 0.05) is 15.5 Å². The summed E-state index contributed by atoms with van der Waals surface area (Å²) in [5.74, 6) is 1.32. The third-order valence-corrected chi connectivity index (χ3v) is 7.27. The largest absolute Gasteiger partial charge is 0.312 e. The molecular weight excluding hydrogens is 294 g/mol. The van der Waals surface area contributed by atoms with Crippen LogP contribution in [0, 0.1) is 0 Å². The fourth-order valence-electron chi connectivity index (χ4n) is 3.31. The van der Waals surface area contributed by atoms with Crippen molar-refractivity contribution in [1.82, 2.24) is 5.32 Å². The van der Waals surface area contributed by atoms with Gasteiger partial charge in [0.15, 0.2) is 0 Å². The predicted molar refractivity (Wildman–Crippen MR) is 97.7 cm³/mol. The Balaban J connectivity index is 1.83. The van der Waals surface area contributed by atoms with Crippen LogP contribution in [0.4, 0.5) is 0 Å². The molecule has 114 valence electrons. The quantitative estimate of drug-likeness (QED) is 0.795. The molecule has 2 heterocycles. The smallest absolute Gasteiger partial charge is 0.0345 e. The molecule has 2 aromatic rings. The lowest BCUT2D eigenvalue weighted by molar-refractivity contribution is 0.400. The first kappa shape index (κ1) is 15.4. The summed E-state index contributed by atoms with van der Waals surface area (Å²) in [5.41, 5.74) is 1.53. The van der Waals surface area contributed by atoms with E-state index >= 15 is 0 Å². The van der Waals surface area contributed by atoms with E-state index in [0.29, 0.717) is 10.8 Å². The van der Waals surface area contributed by atoms with Crippen molar-refractivity contribution in [2.75, 3.05) is 12.3 Å². The van der Waals surface area contributed by atoms with Crippen molar-refractivity contribution in [2.45, 2.75) is 50.3 Å². The van der Waals surface area contributed by atoms with E-state index in [1.54, 1.807) is 0 Å². The molecule has 3 rings (SSSR count). The average Bonchev–Trinajstić information content (AvgIpc) is 3.11. The van der Waals surface area contributed by atoms with Crippen molar-refractivity contribution < 1.29 is 0 Å². The fraction of sp³-hybridized carbons (Fsp3) is 0.556. The number of benzene rings is 1. The molecule has 0 radical (unpaired) electrons. The van der Waals surface area contributed by atoms with Crippen molar-refractivity contribution in [3.8, 4) is 0 Å². The van der Waals surface area contributed by atoms with Crippen LogP contribution in [0.15, 0.2) is 29.6 Å². The first-order valence-corrected chi connectivity index (χ1v) is 9.92. The van der Waals surface area contributed by atoms with Gasteiger partial charge in [-0.25, -0.2) is 0 Å². The second-order valence-electron chi connectivity index (χ2n) is 6.23. The normalized spacial score (nSPS) is 23.7. The summed E-state index contributed by atoms with van der Waals surface area (Å²) in [6.07, 6.45) is 5.09. The van der Waals surface area contributed by atoms with Crippen LogP contribution in [-0.4, -0.2) is 23.1 Å². The number of rotatable bonds is 6. The van der Waals surface area contributed by atoms with Crippen LogP contribution in [-0.2, 0) is 6.42 Å². The highest BCUT2D eigenvalue weighted by Gasteiger charge is 2.37. The summed E-state index contributed by atoms with van der Waals surface area (Å²) in [5, 5.41) is 7.66. The summed E-state index contributed by atoms with van der Waals surface area (Å²) >= 11 is 4.06. The number of thioether (sulfide) groups is 1. The van der Waals surface area contributed by atoms with Gasteiger partial charge in [-0.1, -0.05) is 25.1 Å². The van der Waals surface area contributed by atoms with Crippen molar-refractivity contribution in [2.24, 2.45) is 0 Å². The number of nitrogens with one attached hydrogen (secondary N) is 1. The Hall–Kier alpha value is -0.510. The standard InChI is InChI=1S/C18H25NS2/c1-3-10-19-17(18(2)9-6-11-21-18)12-14-13-20-16-8-5-4-7-15(14)16/h4-5,7-8,13,17,19H,3,6,9-12H2,1-2H3. The molecule has 2 unspecified atom stereocenters. The highest BCUT2D eigenvalue weighted by Crippen LogP contribution is 2.42. The second kappa shape index (κ2) is 6.72. The molecule has 0 aliphatic carbocycles. The lowest BCUT2D eigenvalue weighted by Gasteiger charge is -2.34. The van der Waals surface area contributed by atoms with E-state index in [4.69, 9.17) is 0 Å². The molecule has 1 saturated heterocycles. The zero-order chi connectivity index (χ0) is 14.7. The number of hydrogen-bond acceptors (Lipinski definition) is 3. The molecule has 0 saturated carbocycles. The minimum atomic E-state index is 0.401. The number of thiophene rings is 1. The first-order chi connectivity index (χ1) is 10.2. The summed E-state index contributed by atoms with van der Waals surface area (Å²) in [7, 11) is 0. The lowest BCUT2D eigenvalue weighted by atomic mass is 9.90. The minimum Gasteiger partial charge on any atom is -0.312 e. The van der Waals surface area contributed by atoms with Crippen LogP contribution in [0.3, 0.4) is 0 Å². The summed E-state index contributed by atoms with van der Waals surface area (Å²) in [4.78, 5) is 0. The van der Waals surface area contributed by atoms with Crippen molar-refractivity contribution in [3.05, 3.63) is 35.2 Å². The second-order valence-corrected chi connectivity index (χ2v) is 8.77. The van der Waals surface area contributed by atoms with E-state index in [2.05, 4.69) is 60.6 Å². The number of fused-ring (bicyclic) bond motifs is 1. The topological polar surface area (TPSA) is 12.0 Å². The van der Waals surface area contributed by atoms with Crippen LogP contribution in [0.5, 0.6) is 0 Å². The Kier molecular flexibility index (Phi) is 4.92. The van der Waals surface area contributed by atoms with Crippen LogP contribution < -0.4 is 5.32 Å². The Morgan fingerprint density at radius 1 is 1.33 bits per heavy atom. The van der Waals surface area contributed by atoms with E-state index in [-0.39, 0.29) is 0 Å². The maximum Gasteiger partial charge on any atom is 0.0345 e. The van der Waals surface area contributed by atoms with E-state index in [0.717, 1.165) is 13.0 Å². The molecule has 21 heavy (non-hydrogen) atoms. The zero-order valence-electron chi connectivity index (χ0n) is 13.0. The van der Waals surface area contributed by atoms with Gasteiger partial charge >= 0.3 is 0 Å². The van der Waals surface area contributed by atoms with Crippen molar-refractivity contribution in [3.63, 3.8) is 0 Å². The van der Waals surface area contributed by atoms with Crippen molar-refractivity contribution >= 4 is 33.2 Å². The van der Waals surface area contributed by atoms with E-state index in [9.17, 15) is 0 Å². The maximum atomic E-state index is 3.84. The summed E-state index contributed by atoms with van der Waals surface area (Å²) < 4.78 is 1.82. The van der Waals surface area contributed by atoms with E-state index in [1.165, 1.54) is 40.7 Å². The Bertz CT molecular complexity index is 584. The highest BCUT2D eigenvalue weighted by molar-refractivity contribution is 8.00. The van der Waals surface area contributed by atoms with Gasteiger partial charge in [-0.2, -0.15) is 11.8 Å². The average molecular weight is 320 g/mol. The van der Waals surface area contributed by atoms with Crippen LogP contribution in [0.2, 0.25) is 0 Å². The van der Waals surface area contributed by atoms with Gasteiger partial charge in [0.25, 0.3) is 0 Å². The van der Waals surface area contributed by atoms with E-state index < -0.39 is 0 Å². The first-order valence-electron chi connectivity index (χ1n) is 8.05. The van der Waals surface area contributed by atoms with Gasteiger partial charge in [-0.15, -0.1) is 11.3 Å². The SMILES string of the molecule is CCCNC(Cc1csc2ccccc12)C1(C)CCCS1. The summed E-state index contributed by atoms with van der Waals surface area (Å²) in [6.45, 7) is 5.85. The van der Waals surface area contributed by atoms with Crippen LogP contribution in [0.25, 0.3) is 10.1 Å². The third kappa shape index (κ3) is 3.30. The Labute approximate surface area is 136 Å². The molecule has 1 N–H and O–H groups in total. The molecule has 2 atom stereocenters. The van der Waals surface area contributed by atoms with Gasteiger partial charge in [0.1, 0.15) is 0 Å². The molecule has 0 bridgehead atoms. The third-order valence-electron chi connectivity index (χ3n) is 4.61. The van der Waals surface area contributed by atoms with Crippen molar-refractivity contribution in [1.29, 1.82) is 0 Å². The maximum absolute atomic E-state index is 3.84. The monoisotopic (exact) mass is 319 g/mol. The van der Waals surface area contributed by atoms with Gasteiger partial charge in [0.2, 0.25) is 0 Å². The lowest BCUT2D eigenvalue weighted by Crippen LogP contribution is -2.47. The summed E-state index contributed by atoms with van der Waals surface area (Å²) in [6, 6.07) is 9.41. The van der Waals surface area contributed by atoms with Gasteiger partial charge in [0.05, 0.1) is 0 Å². The van der Waals surface area contributed by atoms with Gasteiger partial charge in [-0.3, -0.25) is 0 Å². The van der Waals surface area contributed by atoms with Crippen LogP contribution in [0.1, 0.15) is 38.7 Å². The fourth-order valence-corrected chi connectivity index (χ4v) is 5.70.